The summed E-state index contributed by atoms with van der Waals surface area (Å²) in [4.78, 5) is 21.2. The summed E-state index contributed by atoms with van der Waals surface area (Å²) in [5, 5.41) is 0. The van der Waals surface area contributed by atoms with Crippen molar-refractivity contribution in [3.63, 3.8) is 0 Å². The first kappa shape index (κ1) is 19.2. The average Bonchev–Trinajstić information content (AvgIpc) is 2.26. The number of rotatable bonds is 12. The minimum absolute atomic E-state index is 0.157. The highest BCUT2D eigenvalue weighted by atomic mass is 31.1. The van der Waals surface area contributed by atoms with Gasteiger partial charge in [0.1, 0.15) is 0 Å². The summed E-state index contributed by atoms with van der Waals surface area (Å²) in [6.45, 7) is 2.98. The van der Waals surface area contributed by atoms with Gasteiger partial charge in [-0.15, -0.1) is 0 Å². The lowest BCUT2D eigenvalue weighted by Crippen LogP contribution is -2.32. The number of hydrogen-bond acceptors (Lipinski definition) is 6. The molecule has 0 aromatic heterocycles. The quantitative estimate of drug-likeness (QED) is 0.487. The normalized spacial score (nSPS) is 15.1. The van der Waals surface area contributed by atoms with Gasteiger partial charge in [-0.05, 0) is 33.6 Å². The summed E-state index contributed by atoms with van der Waals surface area (Å²) >= 11 is 0. The van der Waals surface area contributed by atoms with E-state index in [0.717, 1.165) is 19.5 Å². The Kier molecular flexibility index (Phi) is 12.1. The largest absolute Gasteiger partial charge is 0.326 e. The molecule has 0 aliphatic heterocycles. The first-order valence-electron chi connectivity index (χ1n) is 6.00. The predicted octanol–water partition coefficient (Wildman–Crippen LogP) is 0.0373. The SMILES string of the molecule is CN(C)CCCN(CCO[PH](=O)O)CCO[PH](=O)O. The van der Waals surface area contributed by atoms with Gasteiger partial charge in [0.05, 0.1) is 13.2 Å². The smallest absolute Gasteiger partial charge is 0.316 e. The molecular weight excluding hydrogens is 294 g/mol. The van der Waals surface area contributed by atoms with Crippen molar-refractivity contribution in [2.75, 3.05) is 53.5 Å². The van der Waals surface area contributed by atoms with E-state index < -0.39 is 16.5 Å². The maximum atomic E-state index is 10.4. The van der Waals surface area contributed by atoms with E-state index in [1.165, 1.54) is 0 Å². The molecular formula is C9H24N2O6P2. The van der Waals surface area contributed by atoms with Crippen molar-refractivity contribution in [1.29, 1.82) is 0 Å². The summed E-state index contributed by atoms with van der Waals surface area (Å²) < 4.78 is 30.1. The fourth-order valence-corrected chi connectivity index (χ4v) is 2.00. The molecule has 116 valence electrons. The van der Waals surface area contributed by atoms with Crippen LogP contribution in [0.15, 0.2) is 0 Å². The van der Waals surface area contributed by atoms with Crippen molar-refractivity contribution in [2.24, 2.45) is 0 Å². The van der Waals surface area contributed by atoms with Crippen LogP contribution in [0, 0.1) is 0 Å². The van der Waals surface area contributed by atoms with Crippen molar-refractivity contribution >= 4 is 16.5 Å². The molecule has 19 heavy (non-hydrogen) atoms. The van der Waals surface area contributed by atoms with Crippen LogP contribution in [0.5, 0.6) is 0 Å². The van der Waals surface area contributed by atoms with Crippen molar-refractivity contribution in [3.05, 3.63) is 0 Å². The van der Waals surface area contributed by atoms with Gasteiger partial charge in [-0.25, -0.2) is 0 Å². The van der Waals surface area contributed by atoms with E-state index in [1.54, 1.807) is 0 Å². The second-order valence-corrected chi connectivity index (χ2v) is 5.87. The van der Waals surface area contributed by atoms with E-state index in [-0.39, 0.29) is 13.2 Å². The van der Waals surface area contributed by atoms with E-state index in [1.807, 2.05) is 19.0 Å². The molecule has 0 spiro atoms. The minimum atomic E-state index is -2.90. The Hall–Kier alpha value is 0.220. The third-order valence-electron chi connectivity index (χ3n) is 2.35. The highest BCUT2D eigenvalue weighted by Crippen LogP contribution is 2.15. The molecule has 0 aliphatic rings. The first-order chi connectivity index (χ1) is 8.91. The molecule has 0 saturated heterocycles. The Balaban J connectivity index is 3.91. The molecule has 2 N–H and O–H groups in total. The number of nitrogens with zero attached hydrogens (tertiary/aromatic N) is 2. The second kappa shape index (κ2) is 12.0. The molecule has 8 nitrogen and oxygen atoms in total. The summed E-state index contributed by atoms with van der Waals surface area (Å²) in [6, 6.07) is 0. The molecule has 0 fully saturated rings. The second-order valence-electron chi connectivity index (χ2n) is 4.23. The van der Waals surface area contributed by atoms with Gasteiger partial charge in [0.15, 0.2) is 0 Å². The minimum Gasteiger partial charge on any atom is -0.326 e. The van der Waals surface area contributed by atoms with E-state index in [2.05, 4.69) is 13.9 Å². The fraction of sp³-hybridized carbons (Fsp3) is 1.00. The molecule has 0 aromatic rings. The average molecular weight is 318 g/mol. The van der Waals surface area contributed by atoms with Crippen molar-refractivity contribution in [1.82, 2.24) is 9.80 Å². The molecule has 10 heteroatoms. The molecule has 2 unspecified atom stereocenters. The Morgan fingerprint density at radius 3 is 1.74 bits per heavy atom. The molecule has 0 heterocycles. The third-order valence-corrected chi connectivity index (χ3v) is 3.25. The molecule has 0 bridgehead atoms. The molecule has 0 aromatic carbocycles. The van der Waals surface area contributed by atoms with Crippen LogP contribution in [-0.2, 0) is 18.2 Å². The zero-order valence-electron chi connectivity index (χ0n) is 11.4. The summed E-state index contributed by atoms with van der Waals surface area (Å²) in [5.41, 5.74) is 0. The Morgan fingerprint density at radius 2 is 1.37 bits per heavy atom. The van der Waals surface area contributed by atoms with Gasteiger partial charge < -0.3 is 23.7 Å². The Labute approximate surface area is 115 Å². The van der Waals surface area contributed by atoms with Crippen LogP contribution in [0.1, 0.15) is 6.42 Å². The van der Waals surface area contributed by atoms with Gasteiger partial charge in [0.2, 0.25) is 0 Å². The first-order valence-corrected chi connectivity index (χ1v) is 8.53. The monoisotopic (exact) mass is 318 g/mol. The van der Waals surface area contributed by atoms with E-state index in [4.69, 9.17) is 9.79 Å². The van der Waals surface area contributed by atoms with Crippen LogP contribution < -0.4 is 0 Å². The van der Waals surface area contributed by atoms with Gasteiger partial charge in [0.25, 0.3) is 0 Å². The summed E-state index contributed by atoms with van der Waals surface area (Å²) in [6.07, 6.45) is 0.926. The van der Waals surface area contributed by atoms with Gasteiger partial charge in [-0.1, -0.05) is 0 Å². The maximum absolute atomic E-state index is 10.4. The van der Waals surface area contributed by atoms with Gasteiger partial charge in [0, 0.05) is 13.1 Å². The van der Waals surface area contributed by atoms with E-state index in [9.17, 15) is 9.13 Å². The topological polar surface area (TPSA) is 99.5 Å². The zero-order valence-corrected chi connectivity index (χ0v) is 13.4. The van der Waals surface area contributed by atoms with Gasteiger partial charge in [-0.3, -0.25) is 14.0 Å². The highest BCUT2D eigenvalue weighted by molar-refractivity contribution is 7.32. The molecule has 2 atom stereocenters. The zero-order chi connectivity index (χ0) is 14.7. The lowest BCUT2D eigenvalue weighted by atomic mass is 10.3. The maximum Gasteiger partial charge on any atom is 0.316 e. The summed E-state index contributed by atoms with van der Waals surface area (Å²) in [7, 11) is -1.84. The molecule has 0 aliphatic carbocycles. The lowest BCUT2D eigenvalue weighted by Gasteiger charge is -2.22. The van der Waals surface area contributed by atoms with E-state index >= 15 is 0 Å². The lowest BCUT2D eigenvalue weighted by molar-refractivity contribution is 0.166. The third kappa shape index (κ3) is 14.4. The summed E-state index contributed by atoms with van der Waals surface area (Å²) in [5.74, 6) is 0. The fourth-order valence-electron chi connectivity index (χ4n) is 1.47. The highest BCUT2D eigenvalue weighted by Gasteiger charge is 2.06. The van der Waals surface area contributed by atoms with Crippen LogP contribution in [-0.4, -0.2) is 73.1 Å². The van der Waals surface area contributed by atoms with Crippen molar-refractivity contribution < 1.29 is 28.0 Å². The van der Waals surface area contributed by atoms with Crippen LogP contribution >= 0.6 is 16.5 Å². The van der Waals surface area contributed by atoms with E-state index in [0.29, 0.717) is 13.1 Å². The van der Waals surface area contributed by atoms with Crippen LogP contribution in [0.25, 0.3) is 0 Å². The van der Waals surface area contributed by atoms with Crippen molar-refractivity contribution in [2.45, 2.75) is 6.42 Å². The molecule has 0 rings (SSSR count). The van der Waals surface area contributed by atoms with Crippen LogP contribution in [0.2, 0.25) is 0 Å². The standard InChI is InChI=1S/C9H24N2O6P2/c1-10(2)4-3-5-11(6-8-16-18(12)13)7-9-17-19(14)15/h18-19H,3-9H2,1-2H3,(H,12,13)(H,14,15). The van der Waals surface area contributed by atoms with Crippen LogP contribution in [0.4, 0.5) is 0 Å². The van der Waals surface area contributed by atoms with Crippen LogP contribution in [0.3, 0.4) is 0 Å². The van der Waals surface area contributed by atoms with Gasteiger partial charge >= 0.3 is 16.5 Å². The molecule has 0 amide bonds. The Morgan fingerprint density at radius 1 is 0.895 bits per heavy atom. The Bertz CT molecular complexity index is 259. The van der Waals surface area contributed by atoms with Crippen molar-refractivity contribution in [3.8, 4) is 0 Å². The predicted molar refractivity (Wildman–Crippen MR) is 74.0 cm³/mol. The molecule has 0 radical (unpaired) electrons. The molecule has 0 saturated carbocycles. The van der Waals surface area contributed by atoms with Gasteiger partial charge in [-0.2, -0.15) is 0 Å². The number of hydrogen-bond donors (Lipinski definition) is 2.